The molecule has 0 saturated carbocycles. The second-order valence-electron chi connectivity index (χ2n) is 2.40. The molecule has 0 atom stereocenters. The van der Waals surface area contributed by atoms with Crippen molar-refractivity contribution in [1.82, 2.24) is 20.3 Å². The van der Waals surface area contributed by atoms with Gasteiger partial charge in [0, 0.05) is 7.05 Å². The predicted molar refractivity (Wildman–Crippen MR) is 45.7 cm³/mol. The molecule has 0 bridgehead atoms. The second-order valence-corrected chi connectivity index (χ2v) is 2.40. The van der Waals surface area contributed by atoms with Gasteiger partial charge in [0.2, 0.25) is 0 Å². The van der Waals surface area contributed by atoms with Crippen molar-refractivity contribution >= 4 is 17.8 Å². The monoisotopic (exact) mass is 199 g/mol. The molecule has 0 aliphatic carbocycles. The zero-order chi connectivity index (χ0) is 10.6. The van der Waals surface area contributed by atoms with Crippen molar-refractivity contribution in [3.63, 3.8) is 0 Å². The predicted octanol–water partition coefficient (Wildman–Crippen LogP) is -0.886. The lowest BCUT2D eigenvalue weighted by Crippen LogP contribution is -2.24. The first-order valence-corrected chi connectivity index (χ1v) is 3.72. The second kappa shape index (κ2) is 4.21. The first-order valence-electron chi connectivity index (χ1n) is 3.72. The van der Waals surface area contributed by atoms with Crippen LogP contribution >= 0.6 is 0 Å². The van der Waals surface area contributed by atoms with Crippen LogP contribution in [0, 0.1) is 0 Å². The number of anilines is 1. The summed E-state index contributed by atoms with van der Waals surface area (Å²) >= 11 is 0. The SMILES string of the molecule is CNC(=O)Nc1cn(CC(=O)O)nn1. The van der Waals surface area contributed by atoms with Crippen LogP contribution in [0.25, 0.3) is 0 Å². The molecular formula is C6H9N5O3. The lowest BCUT2D eigenvalue weighted by molar-refractivity contribution is -0.137. The van der Waals surface area contributed by atoms with E-state index in [0.717, 1.165) is 4.68 Å². The van der Waals surface area contributed by atoms with Gasteiger partial charge in [0.25, 0.3) is 0 Å². The van der Waals surface area contributed by atoms with Crippen LogP contribution in [0.3, 0.4) is 0 Å². The number of urea groups is 1. The molecule has 8 nitrogen and oxygen atoms in total. The van der Waals surface area contributed by atoms with Crippen molar-refractivity contribution in [2.45, 2.75) is 6.54 Å². The Kier molecular flexibility index (Phi) is 3.00. The summed E-state index contributed by atoms with van der Waals surface area (Å²) in [7, 11) is 1.46. The van der Waals surface area contributed by atoms with E-state index in [9.17, 15) is 9.59 Å². The molecule has 0 unspecified atom stereocenters. The summed E-state index contributed by atoms with van der Waals surface area (Å²) in [4.78, 5) is 21.1. The number of nitrogens with one attached hydrogen (secondary N) is 2. The van der Waals surface area contributed by atoms with Gasteiger partial charge in [-0.15, -0.1) is 5.10 Å². The molecular weight excluding hydrogens is 190 g/mol. The van der Waals surface area contributed by atoms with Gasteiger partial charge in [0.05, 0.1) is 6.20 Å². The van der Waals surface area contributed by atoms with Gasteiger partial charge < -0.3 is 10.4 Å². The van der Waals surface area contributed by atoms with Crippen LogP contribution in [0.1, 0.15) is 0 Å². The summed E-state index contributed by atoms with van der Waals surface area (Å²) in [6.45, 7) is -0.289. The maximum atomic E-state index is 10.8. The van der Waals surface area contributed by atoms with E-state index < -0.39 is 12.0 Å². The Bertz CT molecular complexity index is 347. The number of rotatable bonds is 3. The van der Waals surface area contributed by atoms with Gasteiger partial charge in [-0.2, -0.15) is 0 Å². The minimum absolute atomic E-state index is 0.200. The van der Waals surface area contributed by atoms with Gasteiger partial charge in [0.15, 0.2) is 5.82 Å². The molecule has 0 aromatic carbocycles. The average molecular weight is 199 g/mol. The van der Waals surface area contributed by atoms with Gasteiger partial charge in [-0.25, -0.2) is 9.48 Å². The number of aromatic nitrogens is 3. The maximum absolute atomic E-state index is 10.8. The van der Waals surface area contributed by atoms with Crippen molar-refractivity contribution in [3.05, 3.63) is 6.20 Å². The van der Waals surface area contributed by atoms with Crippen LogP contribution in [0.4, 0.5) is 10.6 Å². The van der Waals surface area contributed by atoms with E-state index in [1.165, 1.54) is 13.2 Å². The summed E-state index contributed by atoms with van der Waals surface area (Å²) in [5, 5.41) is 20.1. The van der Waals surface area contributed by atoms with Gasteiger partial charge in [-0.3, -0.25) is 10.1 Å². The maximum Gasteiger partial charge on any atom is 0.325 e. The average Bonchev–Trinajstić information content (AvgIpc) is 2.51. The summed E-state index contributed by atoms with van der Waals surface area (Å²) < 4.78 is 1.10. The van der Waals surface area contributed by atoms with E-state index in [1.54, 1.807) is 0 Å². The largest absolute Gasteiger partial charge is 0.480 e. The number of carbonyl (C=O) groups is 2. The number of hydrogen-bond donors (Lipinski definition) is 3. The number of carboxylic acid groups (broad SMARTS) is 1. The zero-order valence-electron chi connectivity index (χ0n) is 7.39. The normalized spacial score (nSPS) is 9.50. The third-order valence-electron chi connectivity index (χ3n) is 1.30. The number of aliphatic carboxylic acids is 1. The van der Waals surface area contributed by atoms with Crippen LogP contribution in [-0.2, 0) is 11.3 Å². The molecule has 8 heteroatoms. The zero-order valence-corrected chi connectivity index (χ0v) is 7.39. The van der Waals surface area contributed by atoms with E-state index in [2.05, 4.69) is 20.9 Å². The van der Waals surface area contributed by atoms with E-state index in [-0.39, 0.29) is 12.4 Å². The molecule has 0 fully saturated rings. The molecule has 0 aliphatic rings. The van der Waals surface area contributed by atoms with E-state index in [0.29, 0.717) is 0 Å². The fourth-order valence-electron chi connectivity index (χ4n) is 0.750. The highest BCUT2D eigenvalue weighted by atomic mass is 16.4. The fourth-order valence-corrected chi connectivity index (χ4v) is 0.750. The number of carbonyl (C=O) groups excluding carboxylic acids is 1. The Balaban J connectivity index is 2.59. The smallest absolute Gasteiger partial charge is 0.325 e. The number of nitrogens with zero attached hydrogens (tertiary/aromatic N) is 3. The summed E-state index contributed by atoms with van der Waals surface area (Å²) in [5.74, 6) is -0.827. The molecule has 14 heavy (non-hydrogen) atoms. The summed E-state index contributed by atoms with van der Waals surface area (Å²) in [5.41, 5.74) is 0. The van der Waals surface area contributed by atoms with Crippen molar-refractivity contribution in [2.75, 3.05) is 12.4 Å². The Morgan fingerprint density at radius 3 is 2.93 bits per heavy atom. The summed E-state index contributed by atoms with van der Waals surface area (Å²) in [6, 6.07) is -0.438. The number of amides is 2. The summed E-state index contributed by atoms with van der Waals surface area (Å²) in [6.07, 6.45) is 1.32. The Hall–Kier alpha value is -2.12. The Morgan fingerprint density at radius 1 is 1.64 bits per heavy atom. The van der Waals surface area contributed by atoms with Crippen molar-refractivity contribution in [3.8, 4) is 0 Å². The van der Waals surface area contributed by atoms with Crippen LogP contribution in [0.2, 0.25) is 0 Å². The molecule has 0 spiro atoms. The lowest BCUT2D eigenvalue weighted by Gasteiger charge is -1.97. The Morgan fingerprint density at radius 2 is 2.36 bits per heavy atom. The van der Waals surface area contributed by atoms with Gasteiger partial charge in [-0.1, -0.05) is 5.21 Å². The third kappa shape index (κ3) is 2.73. The van der Waals surface area contributed by atoms with E-state index in [4.69, 9.17) is 5.11 Å². The molecule has 2 amide bonds. The molecule has 1 rings (SSSR count). The highest BCUT2D eigenvalue weighted by molar-refractivity contribution is 5.87. The molecule has 76 valence electrons. The first-order chi connectivity index (χ1) is 6.61. The molecule has 0 radical (unpaired) electrons. The lowest BCUT2D eigenvalue weighted by atomic mass is 10.6. The quantitative estimate of drug-likeness (QED) is 0.585. The molecule has 1 aromatic heterocycles. The first kappa shape index (κ1) is 9.96. The van der Waals surface area contributed by atoms with Crippen LogP contribution in [-0.4, -0.2) is 39.1 Å². The Labute approximate surface area is 78.9 Å². The molecule has 0 saturated heterocycles. The van der Waals surface area contributed by atoms with Crippen LogP contribution < -0.4 is 10.6 Å². The number of carboxylic acids is 1. The minimum atomic E-state index is -1.03. The molecule has 0 aliphatic heterocycles. The van der Waals surface area contributed by atoms with E-state index in [1.807, 2.05) is 0 Å². The van der Waals surface area contributed by atoms with Crippen molar-refractivity contribution < 1.29 is 14.7 Å². The topological polar surface area (TPSA) is 109 Å². The van der Waals surface area contributed by atoms with Gasteiger partial charge >= 0.3 is 12.0 Å². The van der Waals surface area contributed by atoms with Crippen LogP contribution in [0.15, 0.2) is 6.20 Å². The third-order valence-corrected chi connectivity index (χ3v) is 1.30. The number of hydrogen-bond acceptors (Lipinski definition) is 4. The van der Waals surface area contributed by atoms with Crippen molar-refractivity contribution in [1.29, 1.82) is 0 Å². The highest BCUT2D eigenvalue weighted by Crippen LogP contribution is 1.98. The van der Waals surface area contributed by atoms with E-state index >= 15 is 0 Å². The van der Waals surface area contributed by atoms with Gasteiger partial charge in [-0.05, 0) is 0 Å². The van der Waals surface area contributed by atoms with Crippen LogP contribution in [0.5, 0.6) is 0 Å². The molecule has 1 heterocycles. The minimum Gasteiger partial charge on any atom is -0.480 e. The molecule has 3 N–H and O–H groups in total. The van der Waals surface area contributed by atoms with Crippen molar-refractivity contribution in [2.24, 2.45) is 0 Å². The highest BCUT2D eigenvalue weighted by Gasteiger charge is 2.05. The van der Waals surface area contributed by atoms with Gasteiger partial charge in [0.1, 0.15) is 6.54 Å². The standard InChI is InChI=1S/C6H9N5O3/c1-7-6(14)8-4-2-11(10-9-4)3-5(12)13/h2H,3H2,1H3,(H,12,13)(H2,7,8,14). The molecule has 1 aromatic rings. The fraction of sp³-hybridized carbons (Fsp3) is 0.333.